The summed E-state index contributed by atoms with van der Waals surface area (Å²) in [6.07, 6.45) is 3.24. The number of hydrogen-bond donors (Lipinski definition) is 0. The van der Waals surface area contributed by atoms with Crippen LogP contribution in [0.15, 0.2) is 30.5 Å². The van der Waals surface area contributed by atoms with Crippen molar-refractivity contribution in [2.24, 2.45) is 13.0 Å². The van der Waals surface area contributed by atoms with Crippen LogP contribution in [-0.2, 0) is 18.9 Å². The second kappa shape index (κ2) is 6.34. The maximum absolute atomic E-state index is 6.68. The van der Waals surface area contributed by atoms with Crippen LogP contribution >= 0.6 is 0 Å². The molecule has 1 aliphatic heterocycles. The van der Waals surface area contributed by atoms with Gasteiger partial charge in [-0.15, -0.1) is 0 Å². The lowest BCUT2D eigenvalue weighted by atomic mass is 9.83. The third-order valence-electron chi connectivity index (χ3n) is 5.96. The van der Waals surface area contributed by atoms with E-state index < -0.39 is 0 Å². The van der Waals surface area contributed by atoms with Crippen LogP contribution in [0.5, 0.6) is 11.5 Å². The Bertz CT molecular complexity index is 1100. The fourth-order valence-electron chi connectivity index (χ4n) is 4.49. The van der Waals surface area contributed by atoms with Crippen LogP contribution in [0.1, 0.15) is 56.9 Å². The van der Waals surface area contributed by atoms with E-state index in [0.29, 0.717) is 5.92 Å². The molecule has 2 heterocycles. The van der Waals surface area contributed by atoms with Crippen LogP contribution in [0.25, 0.3) is 22.0 Å². The summed E-state index contributed by atoms with van der Waals surface area (Å²) in [5.74, 6) is 2.65. The lowest BCUT2D eigenvalue weighted by Crippen LogP contribution is -2.33. The number of pyridine rings is 1. The molecule has 1 aromatic heterocycles. The highest BCUT2D eigenvalue weighted by atomic mass is 16.5. The van der Waals surface area contributed by atoms with E-state index in [-0.39, 0.29) is 5.41 Å². The van der Waals surface area contributed by atoms with E-state index in [0.717, 1.165) is 17.9 Å². The van der Waals surface area contributed by atoms with Crippen molar-refractivity contribution in [1.82, 2.24) is 0 Å². The van der Waals surface area contributed by atoms with E-state index in [1.54, 1.807) is 0 Å². The van der Waals surface area contributed by atoms with E-state index in [2.05, 4.69) is 90.5 Å². The number of hydrogen-bond acceptors (Lipinski definition) is 1. The van der Waals surface area contributed by atoms with Gasteiger partial charge in [0.05, 0.1) is 5.56 Å². The molecular formula is C26H32NO+. The summed E-state index contributed by atoms with van der Waals surface area (Å²) < 4.78 is 8.90. The summed E-state index contributed by atoms with van der Waals surface area (Å²) in [6, 6.07) is 9.16. The molecule has 0 spiro atoms. The lowest BCUT2D eigenvalue weighted by Gasteiger charge is -2.28. The van der Waals surface area contributed by atoms with Crippen molar-refractivity contribution in [3.63, 3.8) is 0 Å². The van der Waals surface area contributed by atoms with Crippen molar-refractivity contribution in [3.05, 3.63) is 52.7 Å². The molecule has 2 aromatic carbocycles. The number of aryl methyl sites for hydroxylation is 2. The zero-order valence-corrected chi connectivity index (χ0v) is 18.5. The van der Waals surface area contributed by atoms with E-state index in [1.165, 1.54) is 44.3 Å². The zero-order chi connectivity index (χ0) is 20.4. The van der Waals surface area contributed by atoms with Crippen LogP contribution in [-0.4, -0.2) is 0 Å². The second-order valence-electron chi connectivity index (χ2n) is 9.85. The SMILES string of the molecule is Cc1cc2cc(CC(C)C)cc3c2c(c1C)-c1c(c(C(C)(C)C)cc[n+]1C)O3. The smallest absolute Gasteiger partial charge is 0.256 e. The summed E-state index contributed by atoms with van der Waals surface area (Å²) >= 11 is 0. The molecule has 28 heavy (non-hydrogen) atoms. The monoisotopic (exact) mass is 374 g/mol. The number of aromatic nitrogens is 1. The molecule has 146 valence electrons. The molecule has 3 aromatic rings. The summed E-state index contributed by atoms with van der Waals surface area (Å²) in [5, 5.41) is 2.54. The topological polar surface area (TPSA) is 13.1 Å². The highest BCUT2D eigenvalue weighted by molar-refractivity contribution is 6.05. The molecule has 0 fully saturated rings. The Kier molecular flexibility index (Phi) is 4.30. The van der Waals surface area contributed by atoms with Gasteiger partial charge in [-0.25, -0.2) is 0 Å². The van der Waals surface area contributed by atoms with Gasteiger partial charge < -0.3 is 4.74 Å². The minimum absolute atomic E-state index is 0.0161. The Morgan fingerprint density at radius 1 is 1.07 bits per heavy atom. The first-order valence-electron chi connectivity index (χ1n) is 10.4. The number of rotatable bonds is 2. The molecule has 0 radical (unpaired) electrons. The second-order valence-corrected chi connectivity index (χ2v) is 9.85. The fraction of sp³-hybridized carbons (Fsp3) is 0.423. The maximum Gasteiger partial charge on any atom is 0.256 e. The molecule has 0 N–H and O–H groups in total. The Labute approximate surface area is 169 Å². The minimum Gasteiger partial charge on any atom is -0.449 e. The lowest BCUT2D eigenvalue weighted by molar-refractivity contribution is -0.660. The summed E-state index contributed by atoms with van der Waals surface area (Å²) in [4.78, 5) is 0. The predicted octanol–water partition coefficient (Wildman–Crippen LogP) is 6.55. The van der Waals surface area contributed by atoms with Gasteiger partial charge in [0.2, 0.25) is 5.75 Å². The zero-order valence-electron chi connectivity index (χ0n) is 18.5. The molecule has 2 nitrogen and oxygen atoms in total. The van der Waals surface area contributed by atoms with Gasteiger partial charge in [-0.2, -0.15) is 4.57 Å². The Morgan fingerprint density at radius 2 is 1.79 bits per heavy atom. The van der Waals surface area contributed by atoms with Gasteiger partial charge in [-0.3, -0.25) is 0 Å². The number of benzene rings is 2. The Balaban J connectivity index is 2.13. The van der Waals surface area contributed by atoms with Gasteiger partial charge >= 0.3 is 0 Å². The van der Waals surface area contributed by atoms with Gasteiger partial charge in [0.25, 0.3) is 5.69 Å². The van der Waals surface area contributed by atoms with Crippen molar-refractivity contribution < 1.29 is 9.30 Å². The molecule has 0 amide bonds. The summed E-state index contributed by atoms with van der Waals surface area (Å²) in [5.41, 5.74) is 7.84. The van der Waals surface area contributed by atoms with Crippen LogP contribution in [0, 0.1) is 19.8 Å². The average molecular weight is 375 g/mol. The van der Waals surface area contributed by atoms with Crippen LogP contribution in [0.4, 0.5) is 0 Å². The first-order valence-corrected chi connectivity index (χ1v) is 10.4. The van der Waals surface area contributed by atoms with Crippen LogP contribution < -0.4 is 9.30 Å². The first kappa shape index (κ1) is 19.0. The summed E-state index contributed by atoms with van der Waals surface area (Å²) in [6.45, 7) is 15.8. The molecule has 0 saturated heterocycles. The first-order chi connectivity index (χ1) is 13.1. The minimum atomic E-state index is 0.0161. The van der Waals surface area contributed by atoms with Crippen molar-refractivity contribution in [2.45, 2.75) is 60.3 Å². The quantitative estimate of drug-likeness (QED) is 0.363. The number of ether oxygens (including phenoxy) is 1. The molecule has 0 bridgehead atoms. The van der Waals surface area contributed by atoms with Gasteiger partial charge in [0.15, 0.2) is 6.20 Å². The van der Waals surface area contributed by atoms with E-state index in [1.807, 2.05) is 0 Å². The highest BCUT2D eigenvalue weighted by Crippen LogP contribution is 2.50. The van der Waals surface area contributed by atoms with Crippen LogP contribution in [0.3, 0.4) is 0 Å². The van der Waals surface area contributed by atoms with Crippen LogP contribution in [0.2, 0.25) is 0 Å². The highest BCUT2D eigenvalue weighted by Gasteiger charge is 2.35. The molecule has 0 atom stereocenters. The third kappa shape index (κ3) is 2.90. The van der Waals surface area contributed by atoms with Crippen molar-refractivity contribution in [1.29, 1.82) is 0 Å². The van der Waals surface area contributed by atoms with Crippen molar-refractivity contribution in [3.8, 4) is 22.8 Å². The molecule has 0 saturated carbocycles. The van der Waals surface area contributed by atoms with Crippen molar-refractivity contribution in [2.75, 3.05) is 0 Å². The van der Waals surface area contributed by atoms with Gasteiger partial charge in [-0.05, 0) is 59.7 Å². The number of nitrogens with zero attached hydrogens (tertiary/aromatic N) is 1. The molecule has 4 rings (SSSR count). The largest absolute Gasteiger partial charge is 0.449 e. The average Bonchev–Trinajstić information content (AvgIpc) is 2.56. The van der Waals surface area contributed by atoms with Gasteiger partial charge in [0.1, 0.15) is 12.8 Å². The predicted molar refractivity (Wildman–Crippen MR) is 117 cm³/mol. The molecule has 0 unspecified atom stereocenters. The third-order valence-corrected chi connectivity index (χ3v) is 5.96. The standard InChI is InChI=1S/C26H32NO/c1-15(2)11-18-13-19-12-16(3)17(4)22-23(19)21(14-18)28-25-20(26(5,6)7)9-10-27(8)24(22)25/h9-10,12-15H,11H2,1-8H3/q+1. The molecule has 0 aliphatic carbocycles. The van der Waals surface area contributed by atoms with Gasteiger partial charge in [-0.1, -0.05) is 46.8 Å². The van der Waals surface area contributed by atoms with E-state index in [4.69, 9.17) is 4.74 Å². The van der Waals surface area contributed by atoms with Gasteiger partial charge in [0, 0.05) is 17.0 Å². The van der Waals surface area contributed by atoms with E-state index in [9.17, 15) is 0 Å². The normalized spacial score (nSPS) is 13.0. The molecule has 2 heteroatoms. The van der Waals surface area contributed by atoms with E-state index >= 15 is 0 Å². The molecule has 1 aliphatic rings. The fourth-order valence-corrected chi connectivity index (χ4v) is 4.49. The van der Waals surface area contributed by atoms with Crippen molar-refractivity contribution >= 4 is 10.8 Å². The molecular weight excluding hydrogens is 342 g/mol. The maximum atomic E-state index is 6.68. The Morgan fingerprint density at radius 3 is 2.43 bits per heavy atom. The summed E-state index contributed by atoms with van der Waals surface area (Å²) in [7, 11) is 2.13. The number of fused-ring (bicyclic) bond motifs is 2. The Hall–Kier alpha value is -2.35.